The van der Waals surface area contributed by atoms with E-state index in [9.17, 15) is 57.5 Å². The molecule has 12 amide bonds. The second-order valence-corrected chi connectivity index (χ2v) is 24.7. The number of para-hydroxylation sites is 1. The second-order valence-electron chi connectivity index (χ2n) is 24.7. The normalized spacial score (nSPS) is 14.1. The fourth-order valence-corrected chi connectivity index (χ4v) is 10.8. The first-order valence-electron chi connectivity index (χ1n) is 34.1. The molecule has 10 atom stereocenters. The monoisotopic (exact) mass is 1400 g/mol. The van der Waals surface area contributed by atoms with Crippen LogP contribution in [0.25, 0.3) is 10.9 Å². The molecular weight excluding hydrogens is 1290 g/mol. The molecule has 0 aliphatic rings. The number of nitrogens with zero attached hydrogens (tertiary/aromatic N) is 2. The van der Waals surface area contributed by atoms with Gasteiger partial charge in [0.05, 0.1) is 6.42 Å². The second kappa shape index (κ2) is 46.3. The third-order valence-corrected chi connectivity index (χ3v) is 16.3. The Hall–Kier alpha value is -9.96. The van der Waals surface area contributed by atoms with Crippen molar-refractivity contribution in [1.29, 1.82) is 0 Å². The standard InChI is InChI=1S/C66H108N22O12/c1-3-4-21-45(58(94)83-47(25-12-15-32-69)61(97)87-51(36-41-38-79-43-22-9-8-20-42(41)43)63(99)85-46(24-11-14-31-68)57(93)80-44(55(72)91)23-10-13-30-67)82-59(95)48(26-16-33-77-65(73)74)84-60(96)49(27-17-34-78-66(75)76)86-64(100)52(37-54(71)90)88-62(98)50(28-29-53(70)89)81-56(92)39(2)35-40-18-6-5-7-19-40/h5-9,18-20,22,38-39,44-52,79H,3-4,10-17,21,23-37,67-69H2,1-2H3,(H2,70,89)(H2,71,90)(H2,72,91)(H,80,93)(H,81,92)(H,82,95)(H,83,94)(H,84,96)(H,85,99)(H,86,100)(H,87,97)(H,88,98)(H4,73,74,77)(H4,75,76,78)/t39-,44+,45-,46-,47-,48-,49-,50-,51-,52-/m1/s1. The molecule has 1 heterocycles. The van der Waals surface area contributed by atoms with Crippen molar-refractivity contribution in [2.45, 2.75) is 203 Å². The lowest BCUT2D eigenvalue weighted by molar-refractivity contribution is -0.136. The number of amides is 12. The minimum atomic E-state index is -1.78. The fraction of sp³-hybridized carbons (Fsp3) is 0.576. The lowest BCUT2D eigenvalue weighted by Gasteiger charge is -2.28. The topological polar surface area (TPSA) is 614 Å². The van der Waals surface area contributed by atoms with Gasteiger partial charge in [0, 0.05) is 48.9 Å². The van der Waals surface area contributed by atoms with E-state index in [-0.39, 0.29) is 115 Å². The van der Waals surface area contributed by atoms with E-state index in [4.69, 9.17) is 57.3 Å². The number of hydrogen-bond acceptors (Lipinski definition) is 17. The number of fused-ring (bicyclic) bond motifs is 1. The highest BCUT2D eigenvalue weighted by Gasteiger charge is 2.36. The molecule has 0 spiro atoms. The Kier molecular flexibility index (Phi) is 39.0. The smallest absolute Gasteiger partial charge is 0.243 e. The third-order valence-electron chi connectivity index (χ3n) is 16.3. The molecule has 0 saturated heterocycles. The molecule has 100 heavy (non-hydrogen) atoms. The number of guanidine groups is 2. The zero-order chi connectivity index (χ0) is 74.1. The van der Waals surface area contributed by atoms with Crippen LogP contribution in [0.4, 0.5) is 0 Å². The number of nitrogens with two attached hydrogens (primary N) is 10. The molecule has 30 N–H and O–H groups in total. The molecule has 3 aromatic rings. The van der Waals surface area contributed by atoms with Crippen molar-refractivity contribution in [3.8, 4) is 0 Å². The van der Waals surface area contributed by atoms with Crippen molar-refractivity contribution < 1.29 is 57.5 Å². The molecule has 0 unspecified atom stereocenters. The summed E-state index contributed by atoms with van der Waals surface area (Å²) in [6.45, 7) is 4.23. The maximum Gasteiger partial charge on any atom is 0.243 e. The first-order chi connectivity index (χ1) is 47.7. The molecule has 0 bridgehead atoms. The van der Waals surface area contributed by atoms with Gasteiger partial charge >= 0.3 is 0 Å². The number of nitrogens with one attached hydrogen (secondary N) is 10. The minimum absolute atomic E-state index is 0.00191. The maximum absolute atomic E-state index is 14.9. The Morgan fingerprint density at radius 1 is 0.400 bits per heavy atom. The fourth-order valence-electron chi connectivity index (χ4n) is 10.8. The van der Waals surface area contributed by atoms with Crippen molar-refractivity contribution in [2.75, 3.05) is 32.7 Å². The Bertz CT molecular complexity index is 3200. The highest BCUT2D eigenvalue weighted by Crippen LogP contribution is 2.21. The molecule has 0 saturated carbocycles. The highest BCUT2D eigenvalue weighted by atomic mass is 16.2. The Balaban J connectivity index is 2.03. The first-order valence-corrected chi connectivity index (χ1v) is 34.1. The molecule has 0 radical (unpaired) electrons. The first kappa shape index (κ1) is 84.3. The van der Waals surface area contributed by atoms with Crippen molar-refractivity contribution in [2.24, 2.45) is 73.2 Å². The van der Waals surface area contributed by atoms with Gasteiger partial charge in [-0.05, 0) is 140 Å². The van der Waals surface area contributed by atoms with E-state index in [0.717, 1.165) is 16.5 Å². The number of rotatable bonds is 51. The average Bonchev–Trinajstić information content (AvgIpc) is 1.62. The lowest BCUT2D eigenvalue weighted by atomic mass is 9.99. The molecule has 0 aliphatic carbocycles. The summed E-state index contributed by atoms with van der Waals surface area (Å²) >= 11 is 0. The number of carbonyl (C=O) groups excluding carboxylic acids is 12. The summed E-state index contributed by atoms with van der Waals surface area (Å²) in [6, 6.07) is 3.60. The van der Waals surface area contributed by atoms with E-state index in [0.29, 0.717) is 63.5 Å². The zero-order valence-corrected chi connectivity index (χ0v) is 57.5. The van der Waals surface area contributed by atoms with E-state index in [2.05, 4.69) is 62.8 Å². The summed E-state index contributed by atoms with van der Waals surface area (Å²) in [5.41, 5.74) is 58.6. The lowest BCUT2D eigenvalue weighted by Crippen LogP contribution is -2.61. The quantitative estimate of drug-likeness (QED) is 0.0147. The van der Waals surface area contributed by atoms with E-state index in [1.165, 1.54) is 0 Å². The summed E-state index contributed by atoms with van der Waals surface area (Å²) in [4.78, 5) is 178. The third kappa shape index (κ3) is 32.1. The van der Waals surface area contributed by atoms with Crippen LogP contribution in [0.15, 0.2) is 70.8 Å². The molecule has 0 fully saturated rings. The van der Waals surface area contributed by atoms with Crippen LogP contribution in [0.5, 0.6) is 0 Å². The number of aliphatic imine (C=N–C) groups is 2. The van der Waals surface area contributed by atoms with Gasteiger partial charge in [0.25, 0.3) is 0 Å². The molecule has 554 valence electrons. The number of carbonyl (C=O) groups is 12. The van der Waals surface area contributed by atoms with E-state index in [1.807, 2.05) is 43.3 Å². The van der Waals surface area contributed by atoms with Gasteiger partial charge in [0.15, 0.2) is 11.9 Å². The van der Waals surface area contributed by atoms with Gasteiger partial charge in [0.2, 0.25) is 70.9 Å². The summed E-state index contributed by atoms with van der Waals surface area (Å²) in [7, 11) is 0. The van der Waals surface area contributed by atoms with Gasteiger partial charge in [-0.3, -0.25) is 67.5 Å². The number of aromatic nitrogens is 1. The molecule has 2 aromatic carbocycles. The van der Waals surface area contributed by atoms with Gasteiger partial charge in [-0.2, -0.15) is 0 Å². The summed E-state index contributed by atoms with van der Waals surface area (Å²) in [5, 5.41) is 24.7. The van der Waals surface area contributed by atoms with E-state index >= 15 is 0 Å². The molecule has 34 heteroatoms. The van der Waals surface area contributed by atoms with Crippen molar-refractivity contribution in [3.05, 3.63) is 71.9 Å². The van der Waals surface area contributed by atoms with Crippen LogP contribution in [0, 0.1) is 5.92 Å². The van der Waals surface area contributed by atoms with Crippen LogP contribution in [-0.2, 0) is 70.4 Å². The number of primary amides is 3. The predicted molar refractivity (Wildman–Crippen MR) is 378 cm³/mol. The average molecular weight is 1400 g/mol. The van der Waals surface area contributed by atoms with Crippen molar-refractivity contribution >= 4 is 93.7 Å². The Morgan fingerprint density at radius 3 is 1.20 bits per heavy atom. The number of H-pyrrole nitrogens is 1. The van der Waals surface area contributed by atoms with Gasteiger partial charge in [-0.1, -0.05) is 75.2 Å². The molecule has 3 rings (SSSR count). The molecule has 34 nitrogen and oxygen atoms in total. The molecular formula is C66H108N22O12. The SMILES string of the molecule is CCCC[C@@H](NC(=O)[C@@H](CCCN=C(N)N)NC(=O)[C@@H](CCCN=C(N)N)NC(=O)[C@@H](CC(N)=O)NC(=O)[C@@H](CCC(N)=O)NC(=O)[C@H](C)Cc1ccccc1)C(=O)N[C@H](CCCCN)C(=O)N[C@H](Cc1c[nH]c2ccccc12)C(=O)N[C@H](CCCCN)C(=O)N[C@@H](CCCCN)C(N)=O. The van der Waals surface area contributed by atoms with Crippen LogP contribution in [0.3, 0.4) is 0 Å². The van der Waals surface area contributed by atoms with Crippen LogP contribution < -0.4 is 105 Å². The maximum atomic E-state index is 14.9. The van der Waals surface area contributed by atoms with Crippen molar-refractivity contribution in [1.82, 2.24) is 52.8 Å². The van der Waals surface area contributed by atoms with Crippen LogP contribution >= 0.6 is 0 Å². The van der Waals surface area contributed by atoms with Crippen LogP contribution in [0.2, 0.25) is 0 Å². The minimum Gasteiger partial charge on any atom is -0.370 e. The molecule has 0 aliphatic heterocycles. The largest absolute Gasteiger partial charge is 0.370 e. The predicted octanol–water partition coefficient (Wildman–Crippen LogP) is -3.74. The summed E-state index contributed by atoms with van der Waals surface area (Å²) in [6.07, 6.45) is 3.92. The van der Waals surface area contributed by atoms with Crippen LogP contribution in [0.1, 0.15) is 147 Å². The number of hydrogen-bond donors (Lipinski definition) is 20. The van der Waals surface area contributed by atoms with Gasteiger partial charge in [0.1, 0.15) is 54.4 Å². The van der Waals surface area contributed by atoms with Gasteiger partial charge < -0.3 is 110 Å². The zero-order valence-electron chi connectivity index (χ0n) is 57.5. The van der Waals surface area contributed by atoms with Gasteiger partial charge in [-0.15, -0.1) is 0 Å². The Labute approximate surface area is 582 Å². The number of benzene rings is 2. The number of unbranched alkanes of at least 4 members (excludes halogenated alkanes) is 4. The number of aromatic amines is 1. The highest BCUT2D eigenvalue weighted by molar-refractivity contribution is 6.00. The van der Waals surface area contributed by atoms with E-state index < -0.39 is 138 Å². The molecule has 1 aromatic heterocycles. The van der Waals surface area contributed by atoms with Crippen molar-refractivity contribution in [3.63, 3.8) is 0 Å². The summed E-state index contributed by atoms with van der Waals surface area (Å²) < 4.78 is 0. The Morgan fingerprint density at radius 2 is 0.770 bits per heavy atom. The summed E-state index contributed by atoms with van der Waals surface area (Å²) in [5.74, 6) is -11.5. The van der Waals surface area contributed by atoms with Gasteiger partial charge in [-0.25, -0.2) is 0 Å². The van der Waals surface area contributed by atoms with E-state index in [1.54, 1.807) is 31.3 Å². The van der Waals surface area contributed by atoms with Crippen LogP contribution in [-0.4, -0.2) is 175 Å².